The second-order valence-electron chi connectivity index (χ2n) is 6.30. The number of amides is 1. The zero-order chi connectivity index (χ0) is 19.7. The zero-order valence-corrected chi connectivity index (χ0v) is 17.1. The van der Waals surface area contributed by atoms with Gasteiger partial charge in [-0.25, -0.2) is 13.8 Å². The molecular weight excluding hydrogens is 422 g/mol. The monoisotopic (exact) mass is 440 g/mol. The topological polar surface area (TPSA) is 66.5 Å². The van der Waals surface area contributed by atoms with Crippen molar-refractivity contribution in [2.45, 2.75) is 0 Å². The van der Waals surface area contributed by atoms with Crippen LogP contribution in [0.25, 0.3) is 10.2 Å². The van der Waals surface area contributed by atoms with Crippen LogP contribution in [0.1, 0.15) is 10.4 Å². The summed E-state index contributed by atoms with van der Waals surface area (Å²) in [7, 11) is 1.52. The van der Waals surface area contributed by atoms with Gasteiger partial charge in [-0.05, 0) is 24.3 Å². The van der Waals surface area contributed by atoms with E-state index in [4.69, 9.17) is 4.74 Å². The maximum atomic E-state index is 14.6. The number of carbonyl (C=O) groups is 1. The molecule has 0 spiro atoms. The van der Waals surface area contributed by atoms with E-state index in [0.29, 0.717) is 30.0 Å². The fourth-order valence-corrected chi connectivity index (χ4v) is 4.06. The highest BCUT2D eigenvalue weighted by Crippen LogP contribution is 2.32. The first kappa shape index (κ1) is 21.2. The fourth-order valence-electron chi connectivity index (χ4n) is 3.18. The average Bonchev–Trinajstić information content (AvgIpc) is 3.10. The molecule has 29 heavy (non-hydrogen) atoms. The highest BCUT2D eigenvalue weighted by molar-refractivity contribution is 7.22. The van der Waals surface area contributed by atoms with E-state index in [1.165, 1.54) is 30.6 Å². The lowest BCUT2D eigenvalue weighted by molar-refractivity contribution is 0.101. The number of hydrogen-bond donors (Lipinski definition) is 2. The Labute approximate surface area is 176 Å². The molecule has 4 rings (SSSR count). The van der Waals surface area contributed by atoms with Gasteiger partial charge >= 0.3 is 0 Å². The number of piperazine rings is 1. The first-order valence-corrected chi connectivity index (χ1v) is 9.58. The Kier molecular flexibility index (Phi) is 6.51. The van der Waals surface area contributed by atoms with Gasteiger partial charge < -0.3 is 15.0 Å². The number of fused-ring (bicyclic) bond motifs is 1. The van der Waals surface area contributed by atoms with E-state index in [-0.39, 0.29) is 17.5 Å². The van der Waals surface area contributed by atoms with Crippen molar-refractivity contribution in [2.24, 2.45) is 0 Å². The van der Waals surface area contributed by atoms with Crippen LogP contribution in [0.4, 0.5) is 19.6 Å². The fraction of sp³-hybridized carbons (Fsp3) is 0.263. The molecule has 1 aromatic heterocycles. The maximum Gasteiger partial charge on any atom is 0.263 e. The van der Waals surface area contributed by atoms with E-state index in [0.717, 1.165) is 17.8 Å². The molecule has 1 aliphatic rings. The van der Waals surface area contributed by atoms with Gasteiger partial charge in [-0.15, -0.1) is 12.4 Å². The van der Waals surface area contributed by atoms with Gasteiger partial charge in [0.05, 0.1) is 11.8 Å². The van der Waals surface area contributed by atoms with E-state index in [9.17, 15) is 13.6 Å². The van der Waals surface area contributed by atoms with Crippen molar-refractivity contribution in [2.75, 3.05) is 43.5 Å². The summed E-state index contributed by atoms with van der Waals surface area (Å²) in [6.45, 7) is 2.79. The van der Waals surface area contributed by atoms with E-state index in [2.05, 4.69) is 15.6 Å². The Morgan fingerprint density at radius 2 is 1.93 bits per heavy atom. The van der Waals surface area contributed by atoms with Crippen molar-refractivity contribution in [3.8, 4) is 5.75 Å². The summed E-state index contributed by atoms with van der Waals surface area (Å²) >= 11 is 1.20. The van der Waals surface area contributed by atoms with Crippen LogP contribution in [-0.4, -0.2) is 44.2 Å². The van der Waals surface area contributed by atoms with Crippen LogP contribution in [0, 0.1) is 11.6 Å². The van der Waals surface area contributed by atoms with Gasteiger partial charge in [-0.2, -0.15) is 0 Å². The van der Waals surface area contributed by atoms with Crippen molar-refractivity contribution >= 4 is 50.7 Å². The van der Waals surface area contributed by atoms with E-state index in [1.807, 2.05) is 11.0 Å². The Bertz CT molecular complexity index is 1020. The van der Waals surface area contributed by atoms with Crippen molar-refractivity contribution in [1.82, 2.24) is 10.3 Å². The molecule has 0 saturated carbocycles. The maximum absolute atomic E-state index is 14.6. The number of aromatic nitrogens is 1. The summed E-state index contributed by atoms with van der Waals surface area (Å²) in [5.74, 6) is -2.11. The van der Waals surface area contributed by atoms with Crippen LogP contribution in [0.3, 0.4) is 0 Å². The highest BCUT2D eigenvalue weighted by atomic mass is 35.5. The van der Waals surface area contributed by atoms with Gasteiger partial charge in [0.25, 0.3) is 5.91 Å². The Morgan fingerprint density at radius 3 is 2.59 bits per heavy atom. The number of thiazole rings is 1. The third kappa shape index (κ3) is 4.26. The molecule has 10 heteroatoms. The number of benzene rings is 2. The number of halogens is 3. The van der Waals surface area contributed by atoms with Gasteiger partial charge in [0.1, 0.15) is 28.5 Å². The molecule has 0 unspecified atom stereocenters. The molecule has 3 aromatic rings. The molecule has 1 saturated heterocycles. The average molecular weight is 441 g/mol. The Balaban J connectivity index is 0.00000240. The first-order valence-electron chi connectivity index (χ1n) is 8.76. The molecule has 0 radical (unpaired) electrons. The normalized spacial score (nSPS) is 13.8. The molecule has 1 aliphatic heterocycles. The molecule has 0 aliphatic carbocycles. The summed E-state index contributed by atoms with van der Waals surface area (Å²) < 4.78 is 35.2. The van der Waals surface area contributed by atoms with Crippen LogP contribution in [0.5, 0.6) is 5.75 Å². The van der Waals surface area contributed by atoms with Gasteiger partial charge in [0, 0.05) is 31.9 Å². The molecule has 2 heterocycles. The standard InChI is InChI=1S/C19H18F2N4O2S.ClH/c1-27-14-3-2-4-15-17(14)23-19(28-15)24-18(26)16-12(20)9-11(10-13(16)21)25-7-5-22-6-8-25;/h2-4,9-10,22H,5-8H2,1H3,(H,23,24,26);1H. The second kappa shape index (κ2) is 8.89. The summed E-state index contributed by atoms with van der Waals surface area (Å²) in [6.07, 6.45) is 0. The van der Waals surface area contributed by atoms with Gasteiger partial charge in [-0.1, -0.05) is 17.4 Å². The first-order chi connectivity index (χ1) is 13.6. The quantitative estimate of drug-likeness (QED) is 0.648. The number of hydrogen-bond acceptors (Lipinski definition) is 6. The zero-order valence-electron chi connectivity index (χ0n) is 15.5. The number of methoxy groups -OCH3 is 1. The molecule has 1 fully saturated rings. The van der Waals surface area contributed by atoms with Crippen LogP contribution in [0.2, 0.25) is 0 Å². The van der Waals surface area contributed by atoms with E-state index in [1.54, 1.807) is 12.1 Å². The summed E-state index contributed by atoms with van der Waals surface area (Å²) in [5.41, 5.74) is 0.392. The number of nitrogens with zero attached hydrogens (tertiary/aromatic N) is 2. The minimum absolute atomic E-state index is 0. The SMILES string of the molecule is COc1cccc2sc(NC(=O)c3c(F)cc(N4CCNCC4)cc3F)nc12.Cl. The number of ether oxygens (including phenoxy) is 1. The van der Waals surface area contributed by atoms with Crippen LogP contribution >= 0.6 is 23.7 Å². The third-order valence-electron chi connectivity index (χ3n) is 4.56. The lowest BCUT2D eigenvalue weighted by atomic mass is 10.1. The van der Waals surface area contributed by atoms with Gasteiger partial charge in [0.2, 0.25) is 0 Å². The summed E-state index contributed by atoms with van der Waals surface area (Å²) in [4.78, 5) is 18.7. The molecule has 154 valence electrons. The number of anilines is 2. The number of para-hydroxylation sites is 1. The predicted molar refractivity (Wildman–Crippen MR) is 113 cm³/mol. The second-order valence-corrected chi connectivity index (χ2v) is 7.33. The predicted octanol–water partition coefficient (Wildman–Crippen LogP) is 3.67. The largest absolute Gasteiger partial charge is 0.494 e. The molecule has 6 nitrogen and oxygen atoms in total. The van der Waals surface area contributed by atoms with Crippen molar-refractivity contribution in [1.29, 1.82) is 0 Å². The number of rotatable bonds is 4. The Morgan fingerprint density at radius 1 is 1.24 bits per heavy atom. The van der Waals surface area contributed by atoms with Crippen LogP contribution in [-0.2, 0) is 0 Å². The molecule has 0 atom stereocenters. The molecule has 1 amide bonds. The van der Waals surface area contributed by atoms with Crippen LogP contribution in [0.15, 0.2) is 30.3 Å². The molecule has 2 N–H and O–H groups in total. The molecular formula is C19H19ClF2N4O2S. The van der Waals surface area contributed by atoms with Crippen molar-refractivity contribution in [3.63, 3.8) is 0 Å². The van der Waals surface area contributed by atoms with Gasteiger partial charge in [0.15, 0.2) is 5.13 Å². The molecule has 2 aromatic carbocycles. The lowest BCUT2D eigenvalue weighted by Crippen LogP contribution is -2.43. The third-order valence-corrected chi connectivity index (χ3v) is 5.49. The van der Waals surface area contributed by atoms with Crippen LogP contribution < -0.4 is 20.3 Å². The summed E-state index contributed by atoms with van der Waals surface area (Å²) in [5, 5.41) is 5.92. The lowest BCUT2D eigenvalue weighted by Gasteiger charge is -2.29. The van der Waals surface area contributed by atoms with E-state index < -0.39 is 23.1 Å². The van der Waals surface area contributed by atoms with Gasteiger partial charge in [-0.3, -0.25) is 10.1 Å². The smallest absolute Gasteiger partial charge is 0.263 e. The van der Waals surface area contributed by atoms with Crippen molar-refractivity contribution < 1.29 is 18.3 Å². The minimum atomic E-state index is -0.898. The Hall–Kier alpha value is -2.49. The number of nitrogens with one attached hydrogen (secondary N) is 2. The number of carbonyl (C=O) groups excluding carboxylic acids is 1. The summed E-state index contributed by atoms with van der Waals surface area (Å²) in [6, 6.07) is 7.78. The minimum Gasteiger partial charge on any atom is -0.494 e. The highest BCUT2D eigenvalue weighted by Gasteiger charge is 2.22. The van der Waals surface area contributed by atoms with E-state index >= 15 is 0 Å². The molecule has 0 bridgehead atoms. The van der Waals surface area contributed by atoms with Crippen molar-refractivity contribution in [3.05, 3.63) is 47.5 Å².